The zero-order valence-corrected chi connectivity index (χ0v) is 29.3. The highest BCUT2D eigenvalue weighted by Crippen LogP contribution is 2.44. The van der Waals surface area contributed by atoms with Gasteiger partial charge in [0.15, 0.2) is 30.7 Å². The number of ketones is 1. The molecule has 212 valence electrons. The van der Waals surface area contributed by atoms with Crippen molar-refractivity contribution in [2.45, 2.75) is 148 Å². The van der Waals surface area contributed by atoms with E-state index in [0.717, 1.165) is 0 Å². The fourth-order valence-electron chi connectivity index (χ4n) is 3.52. The Morgan fingerprint density at radius 2 is 1.22 bits per heavy atom. The first-order chi connectivity index (χ1) is 15.7. The van der Waals surface area contributed by atoms with Gasteiger partial charge < -0.3 is 18.6 Å². The standard InChI is InChI=1S/C27H57NO5Si3/c1-19(29)28-21-17-20(18-31-34(11,12)25(2,3)4)23(32-35(13,14)26(5,6)7)24(22(21)30)33-36(15,16)27(8,9)10/h20-21,23-24H,17-18H2,1-16H3,(H,28,29)/t20-,21-,23-,24-/m1/s1. The smallest absolute Gasteiger partial charge is 0.217 e. The van der Waals surface area contributed by atoms with E-state index < -0.39 is 43.2 Å². The Morgan fingerprint density at radius 3 is 1.61 bits per heavy atom. The second kappa shape index (κ2) is 11.0. The first-order valence-corrected chi connectivity index (χ1v) is 22.3. The van der Waals surface area contributed by atoms with Crippen LogP contribution in [0.3, 0.4) is 0 Å². The van der Waals surface area contributed by atoms with Gasteiger partial charge in [-0.25, -0.2) is 0 Å². The summed E-state index contributed by atoms with van der Waals surface area (Å²) >= 11 is 0. The van der Waals surface area contributed by atoms with Gasteiger partial charge in [0.1, 0.15) is 6.10 Å². The summed E-state index contributed by atoms with van der Waals surface area (Å²) in [6, 6.07) is -0.593. The van der Waals surface area contributed by atoms with Crippen molar-refractivity contribution in [3.8, 4) is 0 Å². The predicted molar refractivity (Wildman–Crippen MR) is 158 cm³/mol. The summed E-state index contributed by atoms with van der Waals surface area (Å²) in [5, 5.41) is 2.90. The second-order valence-corrected chi connectivity index (χ2v) is 29.7. The number of rotatable bonds is 8. The van der Waals surface area contributed by atoms with Crippen molar-refractivity contribution in [3.63, 3.8) is 0 Å². The number of carbonyl (C=O) groups excluding carboxylic acids is 2. The highest BCUT2D eigenvalue weighted by molar-refractivity contribution is 6.75. The number of nitrogens with one attached hydrogen (secondary N) is 1. The molecule has 4 atom stereocenters. The van der Waals surface area contributed by atoms with Crippen LogP contribution in [0.15, 0.2) is 0 Å². The lowest BCUT2D eigenvalue weighted by Gasteiger charge is -2.50. The molecule has 1 amide bonds. The van der Waals surface area contributed by atoms with Crippen LogP contribution in [0.4, 0.5) is 0 Å². The summed E-state index contributed by atoms with van der Waals surface area (Å²) in [6.07, 6.45) is -0.620. The normalized spacial score (nSPS) is 25.2. The molecule has 6 nitrogen and oxygen atoms in total. The fraction of sp³-hybridized carbons (Fsp3) is 0.926. The summed E-state index contributed by atoms with van der Waals surface area (Å²) in [5.41, 5.74) is 0. The van der Waals surface area contributed by atoms with Crippen LogP contribution in [-0.4, -0.2) is 61.5 Å². The molecule has 0 saturated heterocycles. The Labute approximate surface area is 225 Å². The third-order valence-corrected chi connectivity index (χ3v) is 22.7. The van der Waals surface area contributed by atoms with E-state index in [-0.39, 0.29) is 32.7 Å². The van der Waals surface area contributed by atoms with E-state index in [1.165, 1.54) is 6.92 Å². The van der Waals surface area contributed by atoms with Crippen LogP contribution >= 0.6 is 0 Å². The third-order valence-electron chi connectivity index (χ3n) is 9.23. The number of hydrogen-bond donors (Lipinski definition) is 1. The molecule has 0 spiro atoms. The molecule has 1 N–H and O–H groups in total. The molecule has 1 saturated carbocycles. The summed E-state index contributed by atoms with van der Waals surface area (Å²) < 4.78 is 20.6. The molecule has 0 aliphatic heterocycles. The molecule has 9 heteroatoms. The van der Waals surface area contributed by atoms with Gasteiger partial charge in [-0.1, -0.05) is 62.3 Å². The van der Waals surface area contributed by atoms with Gasteiger partial charge in [-0.2, -0.15) is 0 Å². The van der Waals surface area contributed by atoms with E-state index in [1.54, 1.807) is 0 Å². The zero-order valence-electron chi connectivity index (χ0n) is 26.3. The van der Waals surface area contributed by atoms with Gasteiger partial charge >= 0.3 is 0 Å². The molecule has 1 aliphatic rings. The molecule has 1 fully saturated rings. The van der Waals surface area contributed by atoms with E-state index in [4.69, 9.17) is 13.3 Å². The van der Waals surface area contributed by atoms with Gasteiger partial charge in [0.2, 0.25) is 5.91 Å². The molecule has 36 heavy (non-hydrogen) atoms. The van der Waals surface area contributed by atoms with Gasteiger partial charge in [-0.05, 0) is 60.8 Å². The van der Waals surface area contributed by atoms with Crippen LogP contribution in [0.25, 0.3) is 0 Å². The predicted octanol–water partition coefficient (Wildman–Crippen LogP) is 6.88. The maximum Gasteiger partial charge on any atom is 0.217 e. The minimum absolute atomic E-state index is 0.0170. The molecular formula is C27H57NO5Si3. The average Bonchev–Trinajstić information content (AvgIpc) is 2.62. The van der Waals surface area contributed by atoms with Crippen LogP contribution in [0.1, 0.15) is 75.7 Å². The SMILES string of the molecule is CC(=O)N[C@@H]1C[C@H](CO[Si](C)(C)C(C)(C)C)[C@@H](O[Si](C)(C)C(C)(C)C)[C@H](O[Si](C)(C)C(C)(C)C)C1=O. The van der Waals surface area contributed by atoms with Crippen molar-refractivity contribution in [3.05, 3.63) is 0 Å². The van der Waals surface area contributed by atoms with Crippen molar-refractivity contribution in [1.82, 2.24) is 5.32 Å². The minimum atomic E-state index is -2.32. The molecule has 0 aromatic rings. The number of amides is 1. The molecular weight excluding hydrogens is 503 g/mol. The molecule has 0 aromatic carbocycles. The Balaban J connectivity index is 3.58. The van der Waals surface area contributed by atoms with Gasteiger partial charge in [0, 0.05) is 19.4 Å². The van der Waals surface area contributed by atoms with Crippen LogP contribution < -0.4 is 5.32 Å². The maximum atomic E-state index is 13.9. The summed E-state index contributed by atoms with van der Waals surface area (Å²) in [6.45, 7) is 35.2. The van der Waals surface area contributed by atoms with Crippen molar-refractivity contribution in [1.29, 1.82) is 0 Å². The van der Waals surface area contributed by atoms with Crippen molar-refractivity contribution in [2.24, 2.45) is 5.92 Å². The fourth-order valence-corrected chi connectivity index (χ4v) is 7.18. The van der Waals surface area contributed by atoms with Gasteiger partial charge in [-0.15, -0.1) is 0 Å². The van der Waals surface area contributed by atoms with Crippen LogP contribution in [0.2, 0.25) is 54.4 Å². The molecule has 0 unspecified atom stereocenters. The lowest BCUT2D eigenvalue weighted by Crippen LogP contribution is -2.64. The van der Waals surface area contributed by atoms with Gasteiger partial charge in [0.25, 0.3) is 0 Å². The Morgan fingerprint density at radius 1 is 0.806 bits per heavy atom. The summed E-state index contributed by atoms with van der Waals surface area (Å²) in [5.74, 6) is -0.327. The van der Waals surface area contributed by atoms with Crippen molar-refractivity contribution >= 4 is 36.6 Å². The van der Waals surface area contributed by atoms with E-state index in [2.05, 4.69) is 107 Å². The monoisotopic (exact) mass is 559 g/mol. The van der Waals surface area contributed by atoms with E-state index in [0.29, 0.717) is 13.0 Å². The number of hydrogen-bond acceptors (Lipinski definition) is 5. The number of Topliss-reactive ketones (excluding diaryl/α,β-unsaturated/α-hetero) is 1. The Kier molecular flexibility index (Phi) is 10.3. The Bertz CT molecular complexity index is 791. The van der Waals surface area contributed by atoms with Crippen LogP contribution in [0.5, 0.6) is 0 Å². The molecule has 1 rings (SSSR count). The third kappa shape index (κ3) is 8.09. The first-order valence-electron chi connectivity index (χ1n) is 13.5. The van der Waals surface area contributed by atoms with E-state index in [9.17, 15) is 9.59 Å². The second-order valence-electron chi connectivity index (χ2n) is 15.4. The van der Waals surface area contributed by atoms with Crippen LogP contribution in [-0.2, 0) is 22.9 Å². The first kappa shape index (κ1) is 33.7. The topological polar surface area (TPSA) is 73.9 Å². The Hall–Kier alpha value is -0.329. The highest BCUT2D eigenvalue weighted by Gasteiger charge is 2.53. The van der Waals surface area contributed by atoms with E-state index >= 15 is 0 Å². The van der Waals surface area contributed by atoms with E-state index in [1.807, 2.05) is 0 Å². The molecule has 1 aliphatic carbocycles. The molecule has 0 bridgehead atoms. The molecule has 0 radical (unpaired) electrons. The van der Waals surface area contributed by atoms with Crippen molar-refractivity contribution in [2.75, 3.05) is 6.61 Å². The maximum absolute atomic E-state index is 13.9. The van der Waals surface area contributed by atoms with Crippen molar-refractivity contribution < 1.29 is 22.9 Å². The average molecular weight is 560 g/mol. The molecule has 0 heterocycles. The quantitative estimate of drug-likeness (QED) is 0.328. The lowest BCUT2D eigenvalue weighted by atomic mass is 9.81. The molecule has 0 aromatic heterocycles. The largest absolute Gasteiger partial charge is 0.416 e. The van der Waals surface area contributed by atoms with Gasteiger partial charge in [0.05, 0.1) is 12.1 Å². The minimum Gasteiger partial charge on any atom is -0.416 e. The summed E-state index contributed by atoms with van der Waals surface area (Å²) in [7, 11) is -6.59. The number of carbonyl (C=O) groups is 2. The van der Waals surface area contributed by atoms with Gasteiger partial charge in [-0.3, -0.25) is 9.59 Å². The summed E-state index contributed by atoms with van der Waals surface area (Å²) in [4.78, 5) is 26.0. The highest BCUT2D eigenvalue weighted by atomic mass is 28.4. The lowest BCUT2D eigenvalue weighted by molar-refractivity contribution is -0.144. The van der Waals surface area contributed by atoms with Crippen LogP contribution in [0, 0.1) is 5.92 Å². The zero-order chi connectivity index (χ0) is 28.7.